The first-order chi connectivity index (χ1) is 13.8. The number of amides is 2. The normalized spacial score (nSPS) is 16.6. The fraction of sp³-hybridized carbons (Fsp3) is 0.300. The van der Waals surface area contributed by atoms with Gasteiger partial charge in [0.15, 0.2) is 0 Å². The van der Waals surface area contributed by atoms with E-state index in [0.717, 1.165) is 43.1 Å². The zero-order valence-corrected chi connectivity index (χ0v) is 15.5. The number of pyridine rings is 1. The van der Waals surface area contributed by atoms with Crippen LogP contribution < -0.4 is 15.5 Å². The predicted molar refractivity (Wildman–Crippen MR) is 108 cm³/mol. The van der Waals surface area contributed by atoms with Crippen LogP contribution in [-0.4, -0.2) is 45.4 Å². The number of anilines is 2. The molecule has 0 bridgehead atoms. The van der Waals surface area contributed by atoms with Crippen molar-refractivity contribution in [3.63, 3.8) is 0 Å². The van der Waals surface area contributed by atoms with Gasteiger partial charge in [0.25, 0.3) is 0 Å². The number of nitrogens with zero attached hydrogens (tertiary/aromatic N) is 5. The Morgan fingerprint density at radius 2 is 2.07 bits per heavy atom. The summed E-state index contributed by atoms with van der Waals surface area (Å²) in [6, 6.07) is 13.2. The van der Waals surface area contributed by atoms with Gasteiger partial charge in [-0.25, -0.2) is 19.4 Å². The Hall–Kier alpha value is -3.42. The van der Waals surface area contributed by atoms with Crippen LogP contribution in [0.5, 0.6) is 0 Å². The van der Waals surface area contributed by atoms with E-state index in [1.807, 2.05) is 48.7 Å². The third-order valence-electron chi connectivity index (χ3n) is 4.85. The molecule has 0 unspecified atom stereocenters. The van der Waals surface area contributed by atoms with E-state index in [1.165, 1.54) is 6.33 Å². The Bertz CT molecular complexity index is 881. The standard InChI is InChI=1S/C20H23N7O/c28-20(25-17-6-8-18(9-7-17)27-15-21-14-24-27)23-12-16-4-3-11-26(13-16)19-5-1-2-10-22-19/h1-2,5-10,14-16H,3-4,11-13H2,(H2,23,25,28)/t16-/m1/s1. The van der Waals surface area contributed by atoms with Crippen LogP contribution in [0.15, 0.2) is 61.3 Å². The van der Waals surface area contributed by atoms with Crippen molar-refractivity contribution in [1.82, 2.24) is 25.1 Å². The maximum atomic E-state index is 12.2. The molecule has 2 N–H and O–H groups in total. The van der Waals surface area contributed by atoms with Gasteiger partial charge in [0.05, 0.1) is 5.69 Å². The molecule has 3 heterocycles. The molecule has 1 aliphatic heterocycles. The largest absolute Gasteiger partial charge is 0.356 e. The molecule has 8 nitrogen and oxygen atoms in total. The molecule has 144 valence electrons. The second-order valence-corrected chi connectivity index (χ2v) is 6.86. The first-order valence-electron chi connectivity index (χ1n) is 9.44. The maximum absolute atomic E-state index is 12.2. The minimum atomic E-state index is -0.191. The fourth-order valence-electron chi connectivity index (χ4n) is 3.43. The summed E-state index contributed by atoms with van der Waals surface area (Å²) in [5, 5.41) is 9.95. The van der Waals surface area contributed by atoms with Gasteiger partial charge in [-0.1, -0.05) is 6.07 Å². The van der Waals surface area contributed by atoms with Crippen molar-refractivity contribution in [3.8, 4) is 5.69 Å². The van der Waals surface area contributed by atoms with E-state index in [4.69, 9.17) is 0 Å². The van der Waals surface area contributed by atoms with Crippen molar-refractivity contribution in [1.29, 1.82) is 0 Å². The molecule has 8 heteroatoms. The number of hydrogen-bond acceptors (Lipinski definition) is 5. The molecule has 1 atom stereocenters. The van der Waals surface area contributed by atoms with E-state index in [9.17, 15) is 4.79 Å². The summed E-state index contributed by atoms with van der Waals surface area (Å²) in [4.78, 5) is 22.9. The van der Waals surface area contributed by atoms with Gasteiger partial charge < -0.3 is 15.5 Å². The number of carbonyl (C=O) groups excluding carboxylic acids is 1. The second-order valence-electron chi connectivity index (χ2n) is 6.86. The number of hydrogen-bond donors (Lipinski definition) is 2. The topological polar surface area (TPSA) is 88.0 Å². The van der Waals surface area contributed by atoms with Crippen molar-refractivity contribution < 1.29 is 4.79 Å². The van der Waals surface area contributed by atoms with Gasteiger partial charge in [-0.2, -0.15) is 5.10 Å². The molecular weight excluding hydrogens is 354 g/mol. The lowest BCUT2D eigenvalue weighted by Gasteiger charge is -2.33. The molecule has 28 heavy (non-hydrogen) atoms. The number of rotatable bonds is 5. The summed E-state index contributed by atoms with van der Waals surface area (Å²) in [5.41, 5.74) is 1.63. The summed E-state index contributed by atoms with van der Waals surface area (Å²) < 4.78 is 1.67. The van der Waals surface area contributed by atoms with Crippen LogP contribution in [0.4, 0.5) is 16.3 Å². The minimum Gasteiger partial charge on any atom is -0.356 e. The molecule has 1 aromatic carbocycles. The molecule has 4 rings (SSSR count). The Morgan fingerprint density at radius 3 is 2.82 bits per heavy atom. The van der Waals surface area contributed by atoms with E-state index in [1.54, 1.807) is 11.0 Å². The molecule has 2 aromatic heterocycles. The number of carbonyl (C=O) groups is 1. The van der Waals surface area contributed by atoms with E-state index >= 15 is 0 Å². The summed E-state index contributed by atoms with van der Waals surface area (Å²) >= 11 is 0. The number of benzene rings is 1. The van der Waals surface area contributed by atoms with E-state index in [0.29, 0.717) is 12.5 Å². The molecule has 0 radical (unpaired) electrons. The summed E-state index contributed by atoms with van der Waals surface area (Å²) in [5.74, 6) is 1.42. The van der Waals surface area contributed by atoms with Crippen molar-refractivity contribution in [2.24, 2.45) is 5.92 Å². The maximum Gasteiger partial charge on any atom is 0.319 e. The first kappa shape index (κ1) is 18.0. The smallest absolute Gasteiger partial charge is 0.319 e. The zero-order valence-electron chi connectivity index (χ0n) is 15.5. The van der Waals surface area contributed by atoms with Crippen LogP contribution in [0.3, 0.4) is 0 Å². The molecule has 0 saturated carbocycles. The SMILES string of the molecule is O=C(NC[C@H]1CCCN(c2ccccn2)C1)Nc1ccc(-n2cncn2)cc1. The van der Waals surface area contributed by atoms with Gasteiger partial charge in [-0.05, 0) is 55.2 Å². The third-order valence-corrected chi connectivity index (χ3v) is 4.85. The summed E-state index contributed by atoms with van der Waals surface area (Å²) in [7, 11) is 0. The quantitative estimate of drug-likeness (QED) is 0.714. The minimum absolute atomic E-state index is 0.191. The van der Waals surface area contributed by atoms with Gasteiger partial charge in [-0.15, -0.1) is 0 Å². The van der Waals surface area contributed by atoms with Crippen LogP contribution in [0, 0.1) is 5.92 Å². The van der Waals surface area contributed by atoms with Gasteiger partial charge in [0, 0.05) is 31.5 Å². The molecule has 1 saturated heterocycles. The van der Waals surface area contributed by atoms with E-state index in [-0.39, 0.29) is 6.03 Å². The van der Waals surface area contributed by atoms with Crippen molar-refractivity contribution in [2.75, 3.05) is 29.9 Å². The summed E-state index contributed by atoms with van der Waals surface area (Å²) in [6.45, 7) is 2.56. The number of urea groups is 1. The monoisotopic (exact) mass is 377 g/mol. The third kappa shape index (κ3) is 4.46. The van der Waals surface area contributed by atoms with Crippen molar-refractivity contribution in [2.45, 2.75) is 12.8 Å². The predicted octanol–water partition coefficient (Wildman–Crippen LogP) is 2.70. The Balaban J connectivity index is 1.26. The van der Waals surface area contributed by atoms with Crippen molar-refractivity contribution in [3.05, 3.63) is 61.3 Å². The van der Waals surface area contributed by atoms with Crippen LogP contribution in [0.1, 0.15) is 12.8 Å². The fourth-order valence-corrected chi connectivity index (χ4v) is 3.43. The lowest BCUT2D eigenvalue weighted by atomic mass is 9.98. The zero-order chi connectivity index (χ0) is 19.2. The van der Waals surface area contributed by atoms with Crippen LogP contribution in [0.2, 0.25) is 0 Å². The van der Waals surface area contributed by atoms with E-state index < -0.39 is 0 Å². The molecule has 1 fully saturated rings. The Kier molecular flexibility index (Phi) is 5.46. The second kappa shape index (κ2) is 8.51. The average molecular weight is 377 g/mol. The van der Waals surface area contributed by atoms with Crippen LogP contribution >= 0.6 is 0 Å². The Morgan fingerprint density at radius 1 is 1.18 bits per heavy atom. The summed E-state index contributed by atoms with van der Waals surface area (Å²) in [6.07, 6.45) is 7.15. The average Bonchev–Trinajstić information content (AvgIpc) is 3.29. The molecule has 0 aliphatic carbocycles. The molecular formula is C20H23N7O. The number of piperidine rings is 1. The van der Waals surface area contributed by atoms with Gasteiger partial charge in [-0.3, -0.25) is 0 Å². The number of nitrogens with one attached hydrogen (secondary N) is 2. The molecule has 3 aromatic rings. The Labute approximate surface area is 163 Å². The highest BCUT2D eigenvalue weighted by Gasteiger charge is 2.21. The van der Waals surface area contributed by atoms with Gasteiger partial charge >= 0.3 is 6.03 Å². The highest BCUT2D eigenvalue weighted by atomic mass is 16.2. The highest BCUT2D eigenvalue weighted by Crippen LogP contribution is 2.21. The lowest BCUT2D eigenvalue weighted by molar-refractivity contribution is 0.249. The lowest BCUT2D eigenvalue weighted by Crippen LogP contribution is -2.42. The molecule has 1 aliphatic rings. The first-order valence-corrected chi connectivity index (χ1v) is 9.44. The molecule has 2 amide bonds. The van der Waals surface area contributed by atoms with Gasteiger partial charge in [0.2, 0.25) is 0 Å². The van der Waals surface area contributed by atoms with Crippen LogP contribution in [-0.2, 0) is 0 Å². The van der Waals surface area contributed by atoms with Crippen LogP contribution in [0.25, 0.3) is 5.69 Å². The van der Waals surface area contributed by atoms with Gasteiger partial charge in [0.1, 0.15) is 18.5 Å². The molecule has 0 spiro atoms. The van der Waals surface area contributed by atoms with E-state index in [2.05, 4.69) is 30.6 Å². The number of aromatic nitrogens is 4. The highest BCUT2D eigenvalue weighted by molar-refractivity contribution is 5.89. The van der Waals surface area contributed by atoms with Crippen molar-refractivity contribution >= 4 is 17.5 Å².